The number of oxazole rings is 1. The summed E-state index contributed by atoms with van der Waals surface area (Å²) in [5.41, 5.74) is 0. The minimum Gasteiger partial charge on any atom is -0.438 e. The first-order chi connectivity index (χ1) is 6.77. The van der Waals surface area contributed by atoms with Crippen molar-refractivity contribution in [1.29, 1.82) is 0 Å². The SMILES string of the molecule is CC1CCN(C(=O)c2cnco2)CC1. The first kappa shape index (κ1) is 9.24. The predicted molar refractivity (Wildman–Crippen MR) is 50.8 cm³/mol. The standard InChI is InChI=1S/C10H14N2O2/c1-8-2-4-12(5-3-8)10(13)9-6-11-7-14-9/h6-8H,2-5H2,1H3. The summed E-state index contributed by atoms with van der Waals surface area (Å²) in [5.74, 6) is 1.04. The number of rotatable bonds is 1. The third-order valence-corrected chi connectivity index (χ3v) is 2.71. The van der Waals surface area contributed by atoms with Gasteiger partial charge < -0.3 is 9.32 Å². The second-order valence-electron chi connectivity index (χ2n) is 3.84. The van der Waals surface area contributed by atoms with Gasteiger partial charge >= 0.3 is 0 Å². The van der Waals surface area contributed by atoms with Crippen LogP contribution >= 0.6 is 0 Å². The first-order valence-corrected chi connectivity index (χ1v) is 4.95. The number of hydrogen-bond acceptors (Lipinski definition) is 3. The highest BCUT2D eigenvalue weighted by atomic mass is 16.3. The highest BCUT2D eigenvalue weighted by molar-refractivity contribution is 5.91. The molecule has 0 N–H and O–H groups in total. The van der Waals surface area contributed by atoms with Crippen LogP contribution < -0.4 is 0 Å². The number of amides is 1. The predicted octanol–water partition coefficient (Wildman–Crippen LogP) is 1.55. The third kappa shape index (κ3) is 1.78. The van der Waals surface area contributed by atoms with Gasteiger partial charge in [-0.15, -0.1) is 0 Å². The van der Waals surface area contributed by atoms with Crippen LogP contribution in [0.25, 0.3) is 0 Å². The van der Waals surface area contributed by atoms with Crippen LogP contribution in [0.15, 0.2) is 17.0 Å². The van der Waals surface area contributed by atoms with Crippen LogP contribution in [0.5, 0.6) is 0 Å². The highest BCUT2D eigenvalue weighted by Crippen LogP contribution is 2.17. The lowest BCUT2D eigenvalue weighted by atomic mass is 9.99. The maximum Gasteiger partial charge on any atom is 0.291 e. The van der Waals surface area contributed by atoms with Crippen LogP contribution in [0.1, 0.15) is 30.3 Å². The summed E-state index contributed by atoms with van der Waals surface area (Å²) >= 11 is 0. The lowest BCUT2D eigenvalue weighted by Gasteiger charge is -2.29. The topological polar surface area (TPSA) is 46.3 Å². The number of aromatic nitrogens is 1. The van der Waals surface area contributed by atoms with E-state index < -0.39 is 0 Å². The molecule has 0 bridgehead atoms. The largest absolute Gasteiger partial charge is 0.438 e. The Labute approximate surface area is 82.9 Å². The zero-order valence-electron chi connectivity index (χ0n) is 8.27. The van der Waals surface area contributed by atoms with Gasteiger partial charge in [0.05, 0.1) is 6.20 Å². The molecule has 4 nitrogen and oxygen atoms in total. The van der Waals surface area contributed by atoms with Crippen molar-refractivity contribution in [3.8, 4) is 0 Å². The van der Waals surface area contributed by atoms with Crippen LogP contribution in [0.3, 0.4) is 0 Å². The van der Waals surface area contributed by atoms with Gasteiger partial charge in [0.15, 0.2) is 6.39 Å². The molecular formula is C10H14N2O2. The van der Waals surface area contributed by atoms with Crippen LogP contribution in [0.4, 0.5) is 0 Å². The monoisotopic (exact) mass is 194 g/mol. The number of piperidine rings is 1. The van der Waals surface area contributed by atoms with Crippen molar-refractivity contribution < 1.29 is 9.21 Å². The van der Waals surface area contributed by atoms with E-state index in [0.29, 0.717) is 5.76 Å². The maximum atomic E-state index is 11.8. The number of carbonyl (C=O) groups excluding carboxylic acids is 1. The molecular weight excluding hydrogens is 180 g/mol. The number of likely N-dealkylation sites (tertiary alicyclic amines) is 1. The van der Waals surface area contributed by atoms with Gasteiger partial charge in [-0.2, -0.15) is 0 Å². The summed E-state index contributed by atoms with van der Waals surface area (Å²) in [6.45, 7) is 3.89. The Morgan fingerprint density at radius 3 is 2.86 bits per heavy atom. The zero-order valence-corrected chi connectivity index (χ0v) is 8.27. The molecule has 1 amide bonds. The Bertz CT molecular complexity index is 300. The van der Waals surface area contributed by atoms with Gasteiger partial charge in [-0.25, -0.2) is 4.98 Å². The average molecular weight is 194 g/mol. The number of hydrogen-bond donors (Lipinski definition) is 0. The van der Waals surface area contributed by atoms with Gasteiger partial charge in [-0.3, -0.25) is 4.79 Å². The maximum absolute atomic E-state index is 11.8. The summed E-state index contributed by atoms with van der Waals surface area (Å²) in [4.78, 5) is 17.3. The van der Waals surface area contributed by atoms with Gasteiger partial charge in [0.25, 0.3) is 5.91 Å². The summed E-state index contributed by atoms with van der Waals surface area (Å²) in [7, 11) is 0. The van der Waals surface area contributed by atoms with E-state index >= 15 is 0 Å². The van der Waals surface area contributed by atoms with Gasteiger partial charge in [0, 0.05) is 13.1 Å². The highest BCUT2D eigenvalue weighted by Gasteiger charge is 2.22. The van der Waals surface area contributed by atoms with E-state index in [4.69, 9.17) is 4.42 Å². The molecule has 76 valence electrons. The van der Waals surface area contributed by atoms with Crippen molar-refractivity contribution in [3.63, 3.8) is 0 Å². The van der Waals surface area contributed by atoms with Crippen LogP contribution in [0.2, 0.25) is 0 Å². The van der Waals surface area contributed by atoms with Crippen molar-refractivity contribution in [2.75, 3.05) is 13.1 Å². The molecule has 0 unspecified atom stereocenters. The van der Waals surface area contributed by atoms with Gasteiger partial charge in [0.2, 0.25) is 5.76 Å². The molecule has 2 rings (SSSR count). The quantitative estimate of drug-likeness (QED) is 0.681. The summed E-state index contributed by atoms with van der Waals surface area (Å²) in [6.07, 6.45) is 4.93. The fraction of sp³-hybridized carbons (Fsp3) is 0.600. The van der Waals surface area contributed by atoms with Crippen molar-refractivity contribution in [3.05, 3.63) is 18.4 Å². The second-order valence-corrected chi connectivity index (χ2v) is 3.84. The molecule has 1 aliphatic heterocycles. The molecule has 0 spiro atoms. The Morgan fingerprint density at radius 1 is 1.57 bits per heavy atom. The third-order valence-electron chi connectivity index (χ3n) is 2.71. The van der Waals surface area contributed by atoms with Crippen LogP contribution in [-0.2, 0) is 0 Å². The molecule has 14 heavy (non-hydrogen) atoms. The minimum atomic E-state index is -0.0330. The average Bonchev–Trinajstić information content (AvgIpc) is 2.71. The molecule has 0 saturated carbocycles. The lowest BCUT2D eigenvalue weighted by molar-refractivity contribution is 0.0665. The smallest absolute Gasteiger partial charge is 0.291 e. The molecule has 1 fully saturated rings. The number of nitrogens with zero attached hydrogens (tertiary/aromatic N) is 2. The molecule has 1 aromatic rings. The molecule has 0 aliphatic carbocycles. The number of carbonyl (C=O) groups is 1. The Morgan fingerprint density at radius 2 is 2.29 bits per heavy atom. The Balaban J connectivity index is 1.99. The molecule has 0 atom stereocenters. The van der Waals surface area contributed by atoms with Gasteiger partial charge in [0.1, 0.15) is 0 Å². The molecule has 4 heteroatoms. The Kier molecular flexibility index (Phi) is 2.52. The van der Waals surface area contributed by atoms with E-state index in [1.807, 2.05) is 4.90 Å². The van der Waals surface area contributed by atoms with E-state index in [-0.39, 0.29) is 5.91 Å². The van der Waals surface area contributed by atoms with Crippen LogP contribution in [-0.4, -0.2) is 28.9 Å². The van der Waals surface area contributed by atoms with E-state index in [0.717, 1.165) is 31.8 Å². The normalized spacial score (nSPS) is 18.5. The molecule has 0 aromatic carbocycles. The van der Waals surface area contributed by atoms with E-state index in [2.05, 4.69) is 11.9 Å². The van der Waals surface area contributed by atoms with Crippen LogP contribution in [0, 0.1) is 5.92 Å². The molecule has 1 saturated heterocycles. The molecule has 2 heterocycles. The van der Waals surface area contributed by atoms with E-state index in [9.17, 15) is 4.79 Å². The molecule has 1 aliphatic rings. The summed E-state index contributed by atoms with van der Waals surface area (Å²) < 4.78 is 4.97. The van der Waals surface area contributed by atoms with Crippen molar-refractivity contribution >= 4 is 5.91 Å². The molecule has 0 radical (unpaired) electrons. The zero-order chi connectivity index (χ0) is 9.97. The fourth-order valence-corrected chi connectivity index (χ4v) is 1.69. The lowest BCUT2D eigenvalue weighted by Crippen LogP contribution is -2.37. The van der Waals surface area contributed by atoms with Crippen molar-refractivity contribution in [2.24, 2.45) is 5.92 Å². The Hall–Kier alpha value is -1.32. The van der Waals surface area contributed by atoms with Crippen molar-refractivity contribution in [2.45, 2.75) is 19.8 Å². The molecule has 1 aromatic heterocycles. The van der Waals surface area contributed by atoms with Gasteiger partial charge in [-0.05, 0) is 18.8 Å². The van der Waals surface area contributed by atoms with E-state index in [1.54, 1.807) is 0 Å². The van der Waals surface area contributed by atoms with Gasteiger partial charge in [-0.1, -0.05) is 6.92 Å². The summed E-state index contributed by atoms with van der Waals surface area (Å²) in [6, 6.07) is 0. The van der Waals surface area contributed by atoms with Crippen molar-refractivity contribution in [1.82, 2.24) is 9.88 Å². The first-order valence-electron chi connectivity index (χ1n) is 4.95. The summed E-state index contributed by atoms with van der Waals surface area (Å²) in [5, 5.41) is 0. The minimum absolute atomic E-state index is 0.0330. The second kappa shape index (κ2) is 3.82. The fourth-order valence-electron chi connectivity index (χ4n) is 1.69. The van der Waals surface area contributed by atoms with E-state index in [1.165, 1.54) is 12.6 Å².